The predicted octanol–water partition coefficient (Wildman–Crippen LogP) is 6.48. The van der Waals surface area contributed by atoms with E-state index in [9.17, 15) is 31.2 Å². The number of halogens is 5. The van der Waals surface area contributed by atoms with Crippen LogP contribution in [0.1, 0.15) is 30.4 Å². The monoisotopic (exact) mass is 596 g/mol. The van der Waals surface area contributed by atoms with Crippen LogP contribution in [0.15, 0.2) is 60.7 Å². The molecule has 1 N–H and O–H groups in total. The van der Waals surface area contributed by atoms with Gasteiger partial charge in [0, 0.05) is 35.9 Å². The van der Waals surface area contributed by atoms with Gasteiger partial charge in [-0.3, -0.25) is 14.3 Å². The molecule has 1 aliphatic rings. The minimum Gasteiger partial charge on any atom is -0.309 e. The highest BCUT2D eigenvalue weighted by Crippen LogP contribution is 2.43. The van der Waals surface area contributed by atoms with Gasteiger partial charge in [0.05, 0.1) is 23.2 Å². The number of para-hydroxylation sites is 1. The van der Waals surface area contributed by atoms with Gasteiger partial charge in [0.15, 0.2) is 0 Å². The second-order valence-electron chi connectivity index (χ2n) is 9.64. The van der Waals surface area contributed by atoms with Gasteiger partial charge in [0.1, 0.15) is 11.6 Å². The van der Waals surface area contributed by atoms with E-state index in [0.717, 1.165) is 11.2 Å². The van der Waals surface area contributed by atoms with E-state index >= 15 is 4.39 Å². The van der Waals surface area contributed by atoms with E-state index in [1.165, 1.54) is 24.3 Å². The van der Waals surface area contributed by atoms with Crippen molar-refractivity contribution < 1.29 is 35.6 Å². The van der Waals surface area contributed by atoms with E-state index in [4.69, 9.17) is 11.6 Å². The molecule has 1 amide bonds. The Morgan fingerprint density at radius 2 is 1.75 bits per heavy atom. The van der Waals surface area contributed by atoms with Crippen LogP contribution in [-0.4, -0.2) is 32.9 Å². The predicted molar refractivity (Wildman–Crippen MR) is 145 cm³/mol. The Morgan fingerprint density at radius 3 is 2.40 bits per heavy atom. The molecule has 0 aliphatic carbocycles. The number of carbonyl (C=O) groups excluding carboxylic acids is 2. The van der Waals surface area contributed by atoms with E-state index in [1.807, 2.05) is 0 Å². The van der Waals surface area contributed by atoms with Crippen molar-refractivity contribution in [3.63, 3.8) is 0 Å². The molecule has 3 aromatic carbocycles. The van der Waals surface area contributed by atoms with Crippen molar-refractivity contribution in [2.75, 3.05) is 22.4 Å². The quantitative estimate of drug-likeness (QED) is 0.302. The average molecular weight is 597 g/mol. The van der Waals surface area contributed by atoms with E-state index in [0.29, 0.717) is 35.6 Å². The molecule has 4 rings (SSSR count). The van der Waals surface area contributed by atoms with Gasteiger partial charge in [-0.15, -0.1) is 0 Å². The molecule has 0 aromatic heterocycles. The van der Waals surface area contributed by atoms with Gasteiger partial charge >= 0.3 is 6.18 Å². The fourth-order valence-electron chi connectivity index (χ4n) is 4.79. The van der Waals surface area contributed by atoms with Crippen LogP contribution < -0.4 is 9.62 Å². The maximum atomic E-state index is 15.5. The van der Waals surface area contributed by atoms with Crippen molar-refractivity contribution in [3.05, 3.63) is 82.6 Å². The third-order valence-electron chi connectivity index (χ3n) is 6.53. The smallest absolute Gasteiger partial charge is 0.309 e. The normalized spacial score (nSPS) is 16.2. The number of hydrogen-bond acceptors (Lipinski definition) is 4. The minimum atomic E-state index is -4.96. The zero-order valence-electron chi connectivity index (χ0n) is 21.3. The number of piperidine rings is 1. The van der Waals surface area contributed by atoms with Crippen LogP contribution in [0.2, 0.25) is 5.02 Å². The molecule has 12 heteroatoms. The zero-order chi connectivity index (χ0) is 29.2. The molecular formula is C28H25ClF4N2O4S. The van der Waals surface area contributed by atoms with Crippen molar-refractivity contribution in [2.45, 2.75) is 31.9 Å². The van der Waals surface area contributed by atoms with Crippen molar-refractivity contribution >= 4 is 44.7 Å². The summed E-state index contributed by atoms with van der Waals surface area (Å²) in [4.78, 5) is 26.9. The van der Waals surface area contributed by atoms with Crippen LogP contribution in [0.4, 0.5) is 28.9 Å². The summed E-state index contributed by atoms with van der Waals surface area (Å²) in [5.74, 6) is -2.75. The van der Waals surface area contributed by atoms with Crippen molar-refractivity contribution in [1.82, 2.24) is 0 Å². The van der Waals surface area contributed by atoms with Gasteiger partial charge in [-0.05, 0) is 54.3 Å². The highest BCUT2D eigenvalue weighted by molar-refractivity contribution is 7.92. The first-order valence-electron chi connectivity index (χ1n) is 12.3. The molecule has 0 unspecified atom stereocenters. The lowest BCUT2D eigenvalue weighted by Gasteiger charge is -2.33. The van der Waals surface area contributed by atoms with Crippen LogP contribution in [-0.2, 0) is 32.2 Å². The highest BCUT2D eigenvalue weighted by Gasteiger charge is 2.38. The summed E-state index contributed by atoms with van der Waals surface area (Å²) in [7, 11) is -3.85. The third kappa shape index (κ3) is 7.00. The summed E-state index contributed by atoms with van der Waals surface area (Å²) in [6.45, 7) is -0.0134. The van der Waals surface area contributed by atoms with E-state index in [-0.39, 0.29) is 36.4 Å². The largest absolute Gasteiger partial charge is 0.417 e. The number of carbonyl (C=O) groups is 2. The van der Waals surface area contributed by atoms with Gasteiger partial charge in [-0.25, -0.2) is 12.8 Å². The first-order valence-corrected chi connectivity index (χ1v) is 14.6. The molecular weight excluding hydrogens is 572 g/mol. The van der Waals surface area contributed by atoms with Gasteiger partial charge in [0.25, 0.3) is 0 Å². The first-order chi connectivity index (χ1) is 18.7. The number of nitrogens with zero attached hydrogens (tertiary/aromatic N) is 1. The summed E-state index contributed by atoms with van der Waals surface area (Å²) in [5.41, 5.74) is -2.00. The second kappa shape index (κ2) is 11.6. The van der Waals surface area contributed by atoms with Crippen molar-refractivity contribution in [3.8, 4) is 11.1 Å². The Bertz CT molecular complexity index is 1540. The summed E-state index contributed by atoms with van der Waals surface area (Å²) >= 11 is 5.86. The molecule has 1 fully saturated rings. The van der Waals surface area contributed by atoms with Gasteiger partial charge in [0.2, 0.25) is 15.9 Å². The lowest BCUT2D eigenvalue weighted by Crippen LogP contribution is -2.42. The van der Waals surface area contributed by atoms with Crippen LogP contribution in [0.25, 0.3) is 11.1 Å². The SMILES string of the molecule is CS(=O)(=O)Nc1ccccc1-c1cc(F)c(N2CCC[C@@H](CC(=O)Cc3ccc(Cl)cc3)C2=O)cc1C(F)(F)F. The second-order valence-corrected chi connectivity index (χ2v) is 11.8. The molecule has 212 valence electrons. The van der Waals surface area contributed by atoms with Crippen LogP contribution in [0, 0.1) is 11.7 Å². The number of sulfonamides is 1. The zero-order valence-corrected chi connectivity index (χ0v) is 22.8. The number of rotatable bonds is 8. The molecule has 1 atom stereocenters. The number of ketones is 1. The van der Waals surface area contributed by atoms with E-state index < -0.39 is 50.7 Å². The van der Waals surface area contributed by atoms with Crippen LogP contribution in [0.3, 0.4) is 0 Å². The summed E-state index contributed by atoms with van der Waals surface area (Å²) < 4.78 is 83.9. The summed E-state index contributed by atoms with van der Waals surface area (Å²) in [6.07, 6.45) is -3.47. The number of alkyl halides is 3. The van der Waals surface area contributed by atoms with Crippen LogP contribution in [0.5, 0.6) is 0 Å². The summed E-state index contributed by atoms with van der Waals surface area (Å²) in [5, 5.41) is 0.510. The van der Waals surface area contributed by atoms with Gasteiger partial charge in [-0.1, -0.05) is 41.9 Å². The Morgan fingerprint density at radius 1 is 1.07 bits per heavy atom. The van der Waals surface area contributed by atoms with Gasteiger partial charge in [-0.2, -0.15) is 13.2 Å². The Hall–Kier alpha value is -3.44. The molecule has 6 nitrogen and oxygen atoms in total. The van der Waals surface area contributed by atoms with Crippen molar-refractivity contribution in [2.24, 2.45) is 5.92 Å². The first kappa shape index (κ1) is 29.5. The maximum absolute atomic E-state index is 15.5. The fraction of sp³-hybridized carbons (Fsp3) is 0.286. The number of hydrogen-bond donors (Lipinski definition) is 1. The lowest BCUT2D eigenvalue weighted by molar-refractivity contribution is -0.137. The molecule has 0 bridgehead atoms. The molecule has 0 radical (unpaired) electrons. The number of amides is 1. The Labute approximate surface area is 234 Å². The lowest BCUT2D eigenvalue weighted by atomic mass is 9.89. The minimum absolute atomic E-state index is 0.0134. The topological polar surface area (TPSA) is 83.6 Å². The molecule has 3 aromatic rings. The molecule has 0 saturated carbocycles. The molecule has 1 saturated heterocycles. The number of Topliss-reactive ketones (excluding diaryl/α,β-unsaturated/α-hetero) is 1. The maximum Gasteiger partial charge on any atom is 0.417 e. The Kier molecular flexibility index (Phi) is 8.55. The number of nitrogens with one attached hydrogen (secondary N) is 1. The summed E-state index contributed by atoms with van der Waals surface area (Å²) in [6, 6.07) is 13.2. The Balaban J connectivity index is 1.65. The molecule has 1 heterocycles. The third-order valence-corrected chi connectivity index (χ3v) is 7.38. The van der Waals surface area contributed by atoms with Crippen LogP contribution >= 0.6 is 11.6 Å². The van der Waals surface area contributed by atoms with E-state index in [1.54, 1.807) is 24.3 Å². The highest BCUT2D eigenvalue weighted by atomic mass is 35.5. The van der Waals surface area contributed by atoms with E-state index in [2.05, 4.69) is 4.72 Å². The molecule has 1 aliphatic heterocycles. The van der Waals surface area contributed by atoms with Gasteiger partial charge < -0.3 is 4.90 Å². The van der Waals surface area contributed by atoms with Crippen molar-refractivity contribution in [1.29, 1.82) is 0 Å². The molecule has 0 spiro atoms. The number of anilines is 2. The molecule has 40 heavy (non-hydrogen) atoms. The number of benzene rings is 3. The standard InChI is InChI=1S/C28H25ClF4N2O4S/c1-40(38,39)34-25-7-3-2-6-21(25)22-15-24(30)26(16-23(22)28(31,32)33)35-12-4-5-18(27(35)37)14-20(36)13-17-8-10-19(29)11-9-17/h2-3,6-11,15-16,18,34H,4-5,12-14H2,1H3/t18-/m0/s1. The fourth-order valence-corrected chi connectivity index (χ4v) is 5.49. The average Bonchev–Trinajstić information content (AvgIpc) is 2.85.